The van der Waals surface area contributed by atoms with Gasteiger partial charge < -0.3 is 10.4 Å². The van der Waals surface area contributed by atoms with E-state index in [9.17, 15) is 14.0 Å². The van der Waals surface area contributed by atoms with Gasteiger partial charge in [0, 0.05) is 9.50 Å². The third-order valence-corrected chi connectivity index (χ3v) is 3.56. The van der Waals surface area contributed by atoms with Crippen LogP contribution in [0, 0.1) is 5.82 Å². The van der Waals surface area contributed by atoms with Gasteiger partial charge in [0.25, 0.3) is 5.91 Å². The van der Waals surface area contributed by atoms with Crippen molar-refractivity contribution < 1.29 is 19.1 Å². The summed E-state index contributed by atoms with van der Waals surface area (Å²) in [5, 5.41) is 11.8. The second-order valence-electron chi connectivity index (χ2n) is 4.07. The number of anilines is 1. The molecule has 0 unspecified atom stereocenters. The minimum Gasteiger partial charge on any atom is -0.478 e. The van der Waals surface area contributed by atoms with Crippen LogP contribution in [0.3, 0.4) is 0 Å². The molecule has 4 nitrogen and oxygen atoms in total. The Balaban J connectivity index is 2.38. The van der Waals surface area contributed by atoms with E-state index >= 15 is 0 Å². The average molecular weight is 373 g/mol. The van der Waals surface area contributed by atoms with Gasteiger partial charge in [-0.15, -0.1) is 0 Å². The summed E-state index contributed by atoms with van der Waals surface area (Å²) in [5.41, 5.74) is -0.0252. The van der Waals surface area contributed by atoms with Crippen LogP contribution in [0.15, 0.2) is 40.9 Å². The molecule has 0 saturated heterocycles. The van der Waals surface area contributed by atoms with Gasteiger partial charge in [0.15, 0.2) is 0 Å². The summed E-state index contributed by atoms with van der Waals surface area (Å²) in [6.07, 6.45) is 0. The fraction of sp³-hybridized carbons (Fsp3) is 0. The molecule has 1 amide bonds. The Kier molecular flexibility index (Phi) is 4.59. The van der Waals surface area contributed by atoms with E-state index in [1.54, 1.807) is 0 Å². The number of carbonyl (C=O) groups excluding carboxylic acids is 1. The lowest BCUT2D eigenvalue weighted by Crippen LogP contribution is -2.15. The zero-order valence-corrected chi connectivity index (χ0v) is 12.7. The van der Waals surface area contributed by atoms with Crippen molar-refractivity contribution in [3.05, 3.63) is 62.8 Å². The van der Waals surface area contributed by atoms with Crippen LogP contribution >= 0.6 is 27.5 Å². The Morgan fingerprint density at radius 3 is 2.52 bits per heavy atom. The maximum atomic E-state index is 13.2. The van der Waals surface area contributed by atoms with Crippen LogP contribution in [0.25, 0.3) is 0 Å². The smallest absolute Gasteiger partial charge is 0.337 e. The summed E-state index contributed by atoms with van der Waals surface area (Å²) in [6.45, 7) is 0. The fourth-order valence-electron chi connectivity index (χ4n) is 1.67. The number of carbonyl (C=O) groups is 2. The lowest BCUT2D eigenvalue weighted by atomic mass is 10.1. The number of halogens is 3. The predicted molar refractivity (Wildman–Crippen MR) is 80.5 cm³/mol. The number of amides is 1. The maximum Gasteiger partial charge on any atom is 0.337 e. The molecule has 0 aromatic heterocycles. The molecule has 21 heavy (non-hydrogen) atoms. The van der Waals surface area contributed by atoms with Gasteiger partial charge >= 0.3 is 5.97 Å². The largest absolute Gasteiger partial charge is 0.478 e. The zero-order valence-electron chi connectivity index (χ0n) is 10.4. The molecule has 0 saturated carbocycles. The van der Waals surface area contributed by atoms with Crippen LogP contribution in [0.1, 0.15) is 20.7 Å². The first-order valence-corrected chi connectivity index (χ1v) is 6.85. The summed E-state index contributed by atoms with van der Waals surface area (Å²) in [4.78, 5) is 23.2. The van der Waals surface area contributed by atoms with Crippen LogP contribution in [0.4, 0.5) is 10.1 Å². The summed E-state index contributed by atoms with van der Waals surface area (Å²) in [7, 11) is 0. The van der Waals surface area contributed by atoms with E-state index in [1.807, 2.05) is 0 Å². The first-order chi connectivity index (χ1) is 9.88. The molecule has 2 rings (SSSR count). The molecule has 108 valence electrons. The molecule has 0 aliphatic heterocycles. The molecule has 0 fully saturated rings. The lowest BCUT2D eigenvalue weighted by Gasteiger charge is -2.10. The highest BCUT2D eigenvalue weighted by Gasteiger charge is 2.16. The van der Waals surface area contributed by atoms with Gasteiger partial charge in [0.2, 0.25) is 0 Å². The third-order valence-electron chi connectivity index (χ3n) is 2.63. The van der Waals surface area contributed by atoms with Crippen LogP contribution in [0.5, 0.6) is 0 Å². The molecular weight excluding hydrogens is 365 g/mol. The molecule has 0 radical (unpaired) electrons. The maximum absolute atomic E-state index is 13.2. The van der Waals surface area contributed by atoms with E-state index in [-0.39, 0.29) is 21.8 Å². The van der Waals surface area contributed by atoms with E-state index in [0.717, 1.165) is 6.07 Å². The van der Waals surface area contributed by atoms with Crippen LogP contribution in [-0.4, -0.2) is 17.0 Å². The van der Waals surface area contributed by atoms with E-state index in [4.69, 9.17) is 16.7 Å². The van der Waals surface area contributed by atoms with Crippen LogP contribution in [-0.2, 0) is 0 Å². The first kappa shape index (κ1) is 15.5. The summed E-state index contributed by atoms with van der Waals surface area (Å²) in [5.74, 6) is -2.43. The normalized spacial score (nSPS) is 10.2. The van der Waals surface area contributed by atoms with Gasteiger partial charge in [-0.05, 0) is 52.3 Å². The second kappa shape index (κ2) is 6.24. The monoisotopic (exact) mass is 371 g/mol. The highest BCUT2D eigenvalue weighted by Crippen LogP contribution is 2.24. The molecule has 2 aromatic carbocycles. The summed E-state index contributed by atoms with van der Waals surface area (Å²) in [6, 6.07) is 7.63. The SMILES string of the molecule is O=C(Nc1cc(Cl)ccc1C(=O)O)c1cc(F)ccc1Br. The number of aromatic carboxylic acids is 1. The van der Waals surface area contributed by atoms with Crippen molar-refractivity contribution in [2.45, 2.75) is 0 Å². The Hall–Kier alpha value is -1.92. The minimum atomic E-state index is -1.21. The van der Waals surface area contributed by atoms with Crippen molar-refractivity contribution >= 4 is 45.1 Å². The summed E-state index contributed by atoms with van der Waals surface area (Å²) < 4.78 is 13.6. The number of carboxylic acid groups (broad SMARTS) is 1. The number of rotatable bonds is 3. The highest BCUT2D eigenvalue weighted by molar-refractivity contribution is 9.10. The van der Waals surface area contributed by atoms with Crippen molar-refractivity contribution in [2.24, 2.45) is 0 Å². The predicted octanol–water partition coefficient (Wildman–Crippen LogP) is 4.19. The average Bonchev–Trinajstić information content (AvgIpc) is 2.41. The molecule has 0 bridgehead atoms. The minimum absolute atomic E-state index is 0.0381. The third kappa shape index (κ3) is 3.59. The topological polar surface area (TPSA) is 66.4 Å². The zero-order chi connectivity index (χ0) is 15.6. The molecule has 7 heteroatoms. The fourth-order valence-corrected chi connectivity index (χ4v) is 2.27. The van der Waals surface area contributed by atoms with E-state index in [1.165, 1.54) is 30.3 Å². The van der Waals surface area contributed by atoms with E-state index in [2.05, 4.69) is 21.2 Å². The lowest BCUT2D eigenvalue weighted by molar-refractivity contribution is 0.0698. The Morgan fingerprint density at radius 1 is 1.14 bits per heavy atom. The highest BCUT2D eigenvalue weighted by atomic mass is 79.9. The van der Waals surface area contributed by atoms with Crippen LogP contribution < -0.4 is 5.32 Å². The Labute approximate surface area is 132 Å². The number of hydrogen-bond acceptors (Lipinski definition) is 2. The van der Waals surface area contributed by atoms with E-state index in [0.29, 0.717) is 4.47 Å². The van der Waals surface area contributed by atoms with Gasteiger partial charge in [-0.2, -0.15) is 0 Å². The molecule has 2 N–H and O–H groups in total. The van der Waals surface area contributed by atoms with Crippen molar-refractivity contribution in [1.82, 2.24) is 0 Å². The van der Waals surface area contributed by atoms with E-state index < -0.39 is 17.7 Å². The summed E-state index contributed by atoms with van der Waals surface area (Å²) >= 11 is 8.93. The standard InChI is InChI=1S/C14H8BrClFNO3/c15-11-4-2-8(17)6-10(11)13(19)18-12-5-7(16)1-3-9(12)14(20)21/h1-6H,(H,18,19)(H,20,21). The Bertz CT molecular complexity index is 736. The molecule has 0 atom stereocenters. The molecule has 0 spiro atoms. The molecular formula is C14H8BrClFNO3. The quantitative estimate of drug-likeness (QED) is 0.849. The van der Waals surface area contributed by atoms with Crippen molar-refractivity contribution in [3.63, 3.8) is 0 Å². The van der Waals surface area contributed by atoms with Gasteiger partial charge in [0.05, 0.1) is 16.8 Å². The molecule has 0 aliphatic rings. The number of nitrogens with one attached hydrogen (secondary N) is 1. The van der Waals surface area contributed by atoms with Gasteiger partial charge in [-0.1, -0.05) is 11.6 Å². The van der Waals surface area contributed by atoms with Crippen molar-refractivity contribution in [3.8, 4) is 0 Å². The van der Waals surface area contributed by atoms with Crippen molar-refractivity contribution in [2.75, 3.05) is 5.32 Å². The van der Waals surface area contributed by atoms with Gasteiger partial charge in [-0.3, -0.25) is 4.79 Å². The van der Waals surface area contributed by atoms with Gasteiger partial charge in [0.1, 0.15) is 5.82 Å². The Morgan fingerprint density at radius 2 is 1.86 bits per heavy atom. The second-order valence-corrected chi connectivity index (χ2v) is 5.36. The number of carboxylic acids is 1. The van der Waals surface area contributed by atoms with Crippen molar-refractivity contribution in [1.29, 1.82) is 0 Å². The molecule has 0 heterocycles. The van der Waals surface area contributed by atoms with Gasteiger partial charge in [-0.25, -0.2) is 9.18 Å². The molecule has 2 aromatic rings. The number of benzene rings is 2. The number of hydrogen-bond donors (Lipinski definition) is 2. The van der Waals surface area contributed by atoms with Crippen LogP contribution in [0.2, 0.25) is 5.02 Å². The molecule has 0 aliphatic carbocycles. The first-order valence-electron chi connectivity index (χ1n) is 5.67.